The van der Waals surface area contributed by atoms with Crippen LogP contribution in [-0.4, -0.2) is 23.8 Å². The summed E-state index contributed by atoms with van der Waals surface area (Å²) in [6.07, 6.45) is -0.176. The van der Waals surface area contributed by atoms with E-state index in [0.717, 1.165) is 0 Å². The van der Waals surface area contributed by atoms with Gasteiger partial charge >= 0.3 is 5.97 Å². The molecule has 2 aromatic rings. The van der Waals surface area contributed by atoms with Crippen LogP contribution in [0.25, 0.3) is 0 Å². The molecule has 26 heavy (non-hydrogen) atoms. The number of nitrogens with one attached hydrogen (secondary N) is 1. The highest BCUT2D eigenvalue weighted by Crippen LogP contribution is 2.13. The van der Waals surface area contributed by atoms with Crippen LogP contribution in [-0.2, 0) is 9.53 Å². The SMILES string of the molecule is CC(C)OC(=O)c1ccc(NC(=O)CCC(=O)c2ccc(F)cc2)cc1. The number of amides is 1. The Morgan fingerprint density at radius 1 is 0.923 bits per heavy atom. The third-order valence-electron chi connectivity index (χ3n) is 3.49. The van der Waals surface area contributed by atoms with Gasteiger partial charge in [0.05, 0.1) is 11.7 Å². The minimum Gasteiger partial charge on any atom is -0.459 e. The second-order valence-corrected chi connectivity index (χ2v) is 6.01. The van der Waals surface area contributed by atoms with Gasteiger partial charge in [0.15, 0.2) is 5.78 Å². The van der Waals surface area contributed by atoms with E-state index in [1.54, 1.807) is 38.1 Å². The van der Waals surface area contributed by atoms with Crippen LogP contribution < -0.4 is 5.32 Å². The van der Waals surface area contributed by atoms with Gasteiger partial charge in [0, 0.05) is 24.1 Å². The molecule has 0 spiro atoms. The first-order valence-corrected chi connectivity index (χ1v) is 8.25. The standard InChI is InChI=1S/C20H20FNO4/c1-13(2)26-20(25)15-5-9-17(10-6-15)22-19(24)12-11-18(23)14-3-7-16(21)8-4-14/h3-10,13H,11-12H2,1-2H3,(H,22,24). The molecule has 6 heteroatoms. The molecule has 1 N–H and O–H groups in total. The van der Waals surface area contributed by atoms with E-state index in [4.69, 9.17) is 4.74 Å². The minimum absolute atomic E-state index is 0.00729. The first-order chi connectivity index (χ1) is 12.3. The molecule has 1 amide bonds. The van der Waals surface area contributed by atoms with Crippen molar-refractivity contribution in [1.82, 2.24) is 0 Å². The van der Waals surface area contributed by atoms with Crippen molar-refractivity contribution in [3.63, 3.8) is 0 Å². The lowest BCUT2D eigenvalue weighted by Gasteiger charge is -2.09. The number of halogens is 1. The number of hydrogen-bond acceptors (Lipinski definition) is 4. The zero-order valence-corrected chi connectivity index (χ0v) is 14.6. The predicted molar refractivity (Wildman–Crippen MR) is 95.6 cm³/mol. The van der Waals surface area contributed by atoms with Gasteiger partial charge in [-0.25, -0.2) is 9.18 Å². The second kappa shape index (κ2) is 8.89. The van der Waals surface area contributed by atoms with Crippen LogP contribution in [0.3, 0.4) is 0 Å². The van der Waals surface area contributed by atoms with E-state index in [1.165, 1.54) is 24.3 Å². The van der Waals surface area contributed by atoms with Crippen LogP contribution in [0.2, 0.25) is 0 Å². The lowest BCUT2D eigenvalue weighted by molar-refractivity contribution is -0.116. The van der Waals surface area contributed by atoms with Crippen LogP contribution in [0.5, 0.6) is 0 Å². The van der Waals surface area contributed by atoms with Crippen LogP contribution in [0.4, 0.5) is 10.1 Å². The van der Waals surface area contributed by atoms with E-state index < -0.39 is 11.8 Å². The molecule has 0 fully saturated rings. The maximum atomic E-state index is 12.8. The summed E-state index contributed by atoms with van der Waals surface area (Å²) in [6.45, 7) is 3.53. The third kappa shape index (κ3) is 5.81. The highest BCUT2D eigenvalue weighted by atomic mass is 19.1. The van der Waals surface area contributed by atoms with Crippen LogP contribution in [0.15, 0.2) is 48.5 Å². The number of ketones is 1. The predicted octanol–water partition coefficient (Wildman–Crippen LogP) is 3.99. The Morgan fingerprint density at radius 3 is 2.08 bits per heavy atom. The summed E-state index contributed by atoms with van der Waals surface area (Å²) in [5, 5.41) is 2.66. The lowest BCUT2D eigenvalue weighted by atomic mass is 10.1. The molecule has 0 bridgehead atoms. The maximum Gasteiger partial charge on any atom is 0.338 e. The highest BCUT2D eigenvalue weighted by molar-refractivity contribution is 6.00. The van der Waals surface area contributed by atoms with Gasteiger partial charge < -0.3 is 10.1 Å². The fraction of sp³-hybridized carbons (Fsp3) is 0.250. The van der Waals surface area contributed by atoms with Gasteiger partial charge in [-0.15, -0.1) is 0 Å². The van der Waals surface area contributed by atoms with E-state index in [9.17, 15) is 18.8 Å². The lowest BCUT2D eigenvalue weighted by Crippen LogP contribution is -2.14. The summed E-state index contributed by atoms with van der Waals surface area (Å²) in [4.78, 5) is 35.7. The summed E-state index contributed by atoms with van der Waals surface area (Å²) >= 11 is 0. The molecule has 0 saturated heterocycles. The summed E-state index contributed by atoms with van der Waals surface area (Å²) in [5.74, 6) is -1.40. The van der Waals surface area contributed by atoms with Gasteiger partial charge in [0.2, 0.25) is 5.91 Å². The summed E-state index contributed by atoms with van der Waals surface area (Å²) in [6, 6.07) is 11.5. The van der Waals surface area contributed by atoms with E-state index in [1.807, 2.05) is 0 Å². The van der Waals surface area contributed by atoms with Crippen molar-refractivity contribution in [1.29, 1.82) is 0 Å². The first kappa shape index (κ1) is 19.3. The molecule has 2 aromatic carbocycles. The van der Waals surface area contributed by atoms with Gasteiger partial charge in [0.25, 0.3) is 0 Å². The highest BCUT2D eigenvalue weighted by Gasteiger charge is 2.11. The number of anilines is 1. The van der Waals surface area contributed by atoms with Gasteiger partial charge in [-0.1, -0.05) is 0 Å². The number of hydrogen-bond donors (Lipinski definition) is 1. The number of benzene rings is 2. The van der Waals surface area contributed by atoms with Crippen molar-refractivity contribution in [3.8, 4) is 0 Å². The summed E-state index contributed by atoms with van der Waals surface area (Å²) < 4.78 is 17.9. The summed E-state index contributed by atoms with van der Waals surface area (Å²) in [5.41, 5.74) is 1.28. The molecular formula is C20H20FNO4. The quantitative estimate of drug-likeness (QED) is 0.601. The largest absolute Gasteiger partial charge is 0.459 e. The Bertz CT molecular complexity index is 782. The fourth-order valence-electron chi connectivity index (χ4n) is 2.20. The Kier molecular flexibility index (Phi) is 6.60. The Morgan fingerprint density at radius 2 is 1.50 bits per heavy atom. The van der Waals surface area contributed by atoms with E-state index in [0.29, 0.717) is 16.8 Å². The van der Waals surface area contributed by atoms with E-state index in [-0.39, 0.29) is 30.6 Å². The van der Waals surface area contributed by atoms with E-state index in [2.05, 4.69) is 5.32 Å². The second-order valence-electron chi connectivity index (χ2n) is 6.01. The number of carbonyl (C=O) groups excluding carboxylic acids is 3. The van der Waals surface area contributed by atoms with Gasteiger partial charge in [0.1, 0.15) is 5.82 Å². The maximum absolute atomic E-state index is 12.8. The number of Topliss-reactive ketones (excluding diaryl/α,β-unsaturated/α-hetero) is 1. The third-order valence-corrected chi connectivity index (χ3v) is 3.49. The van der Waals surface area contributed by atoms with Crippen molar-refractivity contribution in [2.24, 2.45) is 0 Å². The normalized spacial score (nSPS) is 10.5. The zero-order valence-electron chi connectivity index (χ0n) is 14.6. The number of esters is 1. The van der Waals surface area contributed by atoms with Crippen molar-refractivity contribution in [3.05, 3.63) is 65.5 Å². The van der Waals surface area contributed by atoms with E-state index >= 15 is 0 Å². The molecule has 0 heterocycles. The average Bonchev–Trinajstić information content (AvgIpc) is 2.60. The summed E-state index contributed by atoms with van der Waals surface area (Å²) in [7, 11) is 0. The zero-order chi connectivity index (χ0) is 19.1. The molecule has 0 aliphatic rings. The molecule has 0 unspecified atom stereocenters. The average molecular weight is 357 g/mol. The van der Waals surface area contributed by atoms with Crippen molar-refractivity contribution in [2.45, 2.75) is 32.8 Å². The first-order valence-electron chi connectivity index (χ1n) is 8.25. The van der Waals surface area contributed by atoms with Crippen LogP contribution >= 0.6 is 0 Å². The Hall–Kier alpha value is -3.02. The van der Waals surface area contributed by atoms with Crippen LogP contribution in [0.1, 0.15) is 47.4 Å². The monoisotopic (exact) mass is 357 g/mol. The number of carbonyl (C=O) groups is 3. The molecular weight excluding hydrogens is 337 g/mol. The van der Waals surface area contributed by atoms with Crippen molar-refractivity contribution in [2.75, 3.05) is 5.32 Å². The fourth-order valence-corrected chi connectivity index (χ4v) is 2.20. The molecule has 0 aromatic heterocycles. The Labute approximate surface area is 151 Å². The molecule has 5 nitrogen and oxygen atoms in total. The Balaban J connectivity index is 1.84. The molecule has 2 rings (SSSR count). The number of ether oxygens (including phenoxy) is 1. The van der Waals surface area contributed by atoms with Gasteiger partial charge in [-0.05, 0) is 62.4 Å². The van der Waals surface area contributed by atoms with Crippen LogP contribution in [0, 0.1) is 5.82 Å². The molecule has 0 aliphatic carbocycles. The number of rotatable bonds is 7. The topological polar surface area (TPSA) is 72.5 Å². The van der Waals surface area contributed by atoms with Crippen molar-refractivity contribution < 1.29 is 23.5 Å². The molecule has 0 atom stereocenters. The molecule has 136 valence electrons. The minimum atomic E-state index is -0.428. The van der Waals surface area contributed by atoms with Gasteiger partial charge in [-0.3, -0.25) is 9.59 Å². The van der Waals surface area contributed by atoms with Crippen molar-refractivity contribution >= 4 is 23.3 Å². The van der Waals surface area contributed by atoms with Gasteiger partial charge in [-0.2, -0.15) is 0 Å². The molecule has 0 aliphatic heterocycles. The molecule has 0 radical (unpaired) electrons. The molecule has 0 saturated carbocycles. The smallest absolute Gasteiger partial charge is 0.338 e.